The Bertz CT molecular complexity index is 504. The minimum atomic E-state index is -1.45. The molecule has 110 valence electrons. The van der Waals surface area contributed by atoms with E-state index in [0.717, 1.165) is 0 Å². The molecule has 0 saturated carbocycles. The van der Waals surface area contributed by atoms with Crippen molar-refractivity contribution in [2.75, 3.05) is 6.54 Å². The zero-order valence-corrected chi connectivity index (χ0v) is 12.0. The van der Waals surface area contributed by atoms with E-state index in [-0.39, 0.29) is 12.3 Å². The second-order valence-electron chi connectivity index (χ2n) is 5.02. The summed E-state index contributed by atoms with van der Waals surface area (Å²) in [5.74, 6) is -1.92. The Kier molecular flexibility index (Phi) is 5.25. The van der Waals surface area contributed by atoms with Crippen molar-refractivity contribution < 1.29 is 19.1 Å². The Balaban J connectivity index is 3.17. The van der Waals surface area contributed by atoms with E-state index in [1.807, 2.05) is 6.92 Å². The number of hydrogen-bond acceptors (Lipinski definition) is 2. The van der Waals surface area contributed by atoms with Gasteiger partial charge in [-0.3, -0.25) is 4.79 Å². The maximum atomic E-state index is 13.7. The fourth-order valence-electron chi connectivity index (χ4n) is 2.27. The molecule has 0 aliphatic rings. The van der Waals surface area contributed by atoms with E-state index in [1.54, 1.807) is 18.2 Å². The zero-order valence-electron chi connectivity index (χ0n) is 12.0. The van der Waals surface area contributed by atoms with Gasteiger partial charge in [0.25, 0.3) is 0 Å². The summed E-state index contributed by atoms with van der Waals surface area (Å²) in [6.07, 6.45) is 0.578. The first-order valence-electron chi connectivity index (χ1n) is 6.58. The predicted molar refractivity (Wildman–Crippen MR) is 73.8 cm³/mol. The first kappa shape index (κ1) is 16.1. The van der Waals surface area contributed by atoms with Crippen LogP contribution in [0.1, 0.15) is 32.8 Å². The van der Waals surface area contributed by atoms with Gasteiger partial charge in [0.15, 0.2) is 0 Å². The number of nitrogens with zero attached hydrogens (tertiary/aromatic N) is 1. The van der Waals surface area contributed by atoms with Gasteiger partial charge in [-0.1, -0.05) is 25.1 Å². The lowest BCUT2D eigenvalue weighted by molar-refractivity contribution is -0.157. The molecule has 5 heteroatoms. The minimum absolute atomic E-state index is 0.0609. The van der Waals surface area contributed by atoms with Crippen molar-refractivity contribution >= 4 is 11.9 Å². The maximum Gasteiger partial charge on any atom is 0.329 e. The van der Waals surface area contributed by atoms with Gasteiger partial charge in [-0.15, -0.1) is 0 Å². The van der Waals surface area contributed by atoms with Crippen LogP contribution in [0.25, 0.3) is 0 Å². The summed E-state index contributed by atoms with van der Waals surface area (Å²) in [6, 6.07) is 6.03. The van der Waals surface area contributed by atoms with Gasteiger partial charge in [-0.05, 0) is 25.0 Å². The Morgan fingerprint density at radius 1 is 1.35 bits per heavy atom. The number of carbonyl (C=O) groups is 2. The molecule has 0 bridgehead atoms. The molecule has 4 nitrogen and oxygen atoms in total. The molecule has 0 aliphatic carbocycles. The molecule has 0 aliphatic heterocycles. The lowest BCUT2D eigenvalue weighted by atomic mass is 9.90. The summed E-state index contributed by atoms with van der Waals surface area (Å²) in [4.78, 5) is 24.7. The summed E-state index contributed by atoms with van der Waals surface area (Å²) in [7, 11) is 0. The third-order valence-electron chi connectivity index (χ3n) is 3.38. The number of hydrogen-bond donors (Lipinski definition) is 1. The molecule has 1 aromatic carbocycles. The van der Waals surface area contributed by atoms with Crippen LogP contribution in [0, 0.1) is 5.82 Å². The van der Waals surface area contributed by atoms with Gasteiger partial charge in [-0.25, -0.2) is 9.18 Å². The van der Waals surface area contributed by atoms with Crippen LogP contribution >= 0.6 is 0 Å². The Hall–Kier alpha value is -1.91. The van der Waals surface area contributed by atoms with Gasteiger partial charge in [-0.2, -0.15) is 0 Å². The highest BCUT2D eigenvalue weighted by Crippen LogP contribution is 2.24. The molecule has 0 saturated heterocycles. The van der Waals surface area contributed by atoms with E-state index >= 15 is 0 Å². The van der Waals surface area contributed by atoms with Crippen LogP contribution in [-0.4, -0.2) is 34.0 Å². The Morgan fingerprint density at radius 3 is 2.40 bits per heavy atom. The fourth-order valence-corrected chi connectivity index (χ4v) is 2.27. The largest absolute Gasteiger partial charge is 0.479 e. The third kappa shape index (κ3) is 3.35. The number of aliphatic carboxylic acids is 1. The SMILES string of the molecule is CCCN(C(C)=O)C(C)(Cc1ccccc1F)C(=O)O. The fraction of sp³-hybridized carbons (Fsp3) is 0.467. The summed E-state index contributed by atoms with van der Waals surface area (Å²) in [5, 5.41) is 9.51. The molecule has 0 radical (unpaired) electrons. The second-order valence-corrected chi connectivity index (χ2v) is 5.02. The molecule has 1 unspecified atom stereocenters. The van der Waals surface area contributed by atoms with E-state index in [2.05, 4.69) is 0 Å². The lowest BCUT2D eigenvalue weighted by Gasteiger charge is -2.37. The predicted octanol–water partition coefficient (Wildman–Crippen LogP) is 2.47. The number of rotatable bonds is 6. The monoisotopic (exact) mass is 281 g/mol. The van der Waals surface area contributed by atoms with E-state index in [4.69, 9.17) is 0 Å². The highest BCUT2D eigenvalue weighted by atomic mass is 19.1. The average molecular weight is 281 g/mol. The smallest absolute Gasteiger partial charge is 0.329 e. The highest BCUT2D eigenvalue weighted by molar-refractivity contribution is 5.86. The van der Waals surface area contributed by atoms with Crippen LogP contribution in [0.3, 0.4) is 0 Å². The Labute approximate surface area is 118 Å². The number of carboxylic acids is 1. The molecular formula is C15H20FNO3. The number of halogens is 1. The summed E-state index contributed by atoms with van der Waals surface area (Å²) < 4.78 is 13.7. The molecule has 0 heterocycles. The summed E-state index contributed by atoms with van der Waals surface area (Å²) in [5.41, 5.74) is -1.16. The molecule has 1 N–H and O–H groups in total. The lowest BCUT2D eigenvalue weighted by Crippen LogP contribution is -2.56. The van der Waals surface area contributed by atoms with E-state index in [9.17, 15) is 19.1 Å². The van der Waals surface area contributed by atoms with Crippen LogP contribution in [0.4, 0.5) is 4.39 Å². The van der Waals surface area contributed by atoms with Crippen molar-refractivity contribution in [3.05, 3.63) is 35.6 Å². The second kappa shape index (κ2) is 6.50. The van der Waals surface area contributed by atoms with Crippen LogP contribution in [0.2, 0.25) is 0 Å². The van der Waals surface area contributed by atoms with E-state index in [0.29, 0.717) is 18.5 Å². The van der Waals surface area contributed by atoms with Crippen molar-refractivity contribution in [3.63, 3.8) is 0 Å². The quantitative estimate of drug-likeness (QED) is 0.871. The van der Waals surface area contributed by atoms with Gasteiger partial charge in [0.1, 0.15) is 11.4 Å². The van der Waals surface area contributed by atoms with Crippen molar-refractivity contribution in [3.8, 4) is 0 Å². The molecular weight excluding hydrogens is 261 g/mol. The van der Waals surface area contributed by atoms with Crippen molar-refractivity contribution in [1.82, 2.24) is 4.90 Å². The molecule has 0 fully saturated rings. The number of carbonyl (C=O) groups excluding carboxylic acids is 1. The summed E-state index contributed by atoms with van der Waals surface area (Å²) in [6.45, 7) is 4.98. The topological polar surface area (TPSA) is 57.6 Å². The van der Waals surface area contributed by atoms with Gasteiger partial charge < -0.3 is 10.0 Å². The number of carboxylic acid groups (broad SMARTS) is 1. The van der Waals surface area contributed by atoms with Gasteiger partial charge >= 0.3 is 5.97 Å². The molecule has 1 atom stereocenters. The van der Waals surface area contributed by atoms with Gasteiger partial charge in [0, 0.05) is 19.9 Å². The van der Waals surface area contributed by atoms with Crippen LogP contribution in [-0.2, 0) is 16.0 Å². The highest BCUT2D eigenvalue weighted by Gasteiger charge is 2.41. The van der Waals surface area contributed by atoms with E-state index in [1.165, 1.54) is 24.8 Å². The molecule has 1 amide bonds. The zero-order chi connectivity index (χ0) is 15.3. The summed E-state index contributed by atoms with van der Waals surface area (Å²) >= 11 is 0. The normalized spacial score (nSPS) is 13.6. The van der Waals surface area contributed by atoms with Crippen LogP contribution in [0.15, 0.2) is 24.3 Å². The maximum absolute atomic E-state index is 13.7. The van der Waals surface area contributed by atoms with Crippen LogP contribution in [0.5, 0.6) is 0 Å². The first-order valence-corrected chi connectivity index (χ1v) is 6.58. The molecule has 20 heavy (non-hydrogen) atoms. The van der Waals surface area contributed by atoms with Crippen molar-refractivity contribution in [2.45, 2.75) is 39.2 Å². The molecule has 1 rings (SSSR count). The van der Waals surface area contributed by atoms with Crippen molar-refractivity contribution in [2.24, 2.45) is 0 Å². The van der Waals surface area contributed by atoms with Crippen molar-refractivity contribution in [1.29, 1.82) is 0 Å². The molecule has 0 aromatic heterocycles. The van der Waals surface area contributed by atoms with Gasteiger partial charge in [0.2, 0.25) is 5.91 Å². The standard InChI is InChI=1S/C15H20FNO3/c1-4-9-17(11(2)18)15(3,14(19)20)10-12-7-5-6-8-13(12)16/h5-8H,4,9-10H2,1-3H3,(H,19,20). The van der Waals surface area contributed by atoms with E-state index < -0.39 is 17.3 Å². The number of benzene rings is 1. The molecule has 1 aromatic rings. The third-order valence-corrected chi connectivity index (χ3v) is 3.38. The number of amides is 1. The van der Waals surface area contributed by atoms with Crippen LogP contribution < -0.4 is 0 Å². The first-order chi connectivity index (χ1) is 9.32. The molecule has 0 spiro atoms. The Morgan fingerprint density at radius 2 is 1.95 bits per heavy atom. The van der Waals surface area contributed by atoms with Gasteiger partial charge in [0.05, 0.1) is 0 Å². The minimum Gasteiger partial charge on any atom is -0.479 e. The average Bonchev–Trinajstić information content (AvgIpc) is 2.38.